The molecule has 1 unspecified atom stereocenters. The van der Waals surface area contributed by atoms with E-state index >= 15 is 0 Å². The summed E-state index contributed by atoms with van der Waals surface area (Å²) in [7, 11) is 1.17. The lowest BCUT2D eigenvalue weighted by Gasteiger charge is -2.33. The van der Waals surface area contributed by atoms with Gasteiger partial charge in [-0.1, -0.05) is 0 Å². The molecule has 1 heterocycles. The molecule has 0 aromatic rings. The molecule has 1 fully saturated rings. The van der Waals surface area contributed by atoms with Gasteiger partial charge in [0.25, 0.3) is 0 Å². The zero-order valence-electron chi connectivity index (χ0n) is 9.54. The van der Waals surface area contributed by atoms with Gasteiger partial charge >= 0.3 is 12.1 Å². The molecule has 1 N–H and O–H groups in total. The highest BCUT2D eigenvalue weighted by Gasteiger charge is 2.35. The summed E-state index contributed by atoms with van der Waals surface area (Å²) in [5.74, 6) is -1.04. The number of carbonyl (C=O) groups is 1. The number of likely N-dealkylation sites (tertiary alicyclic amines) is 1. The highest BCUT2D eigenvalue weighted by Crippen LogP contribution is 2.24. The Morgan fingerprint density at radius 2 is 2.00 bits per heavy atom. The van der Waals surface area contributed by atoms with Gasteiger partial charge in [-0.25, -0.2) is 4.79 Å². The lowest BCUT2D eigenvalue weighted by molar-refractivity contribution is -0.159. The van der Waals surface area contributed by atoms with Gasteiger partial charge in [0.1, 0.15) is 0 Å². The van der Waals surface area contributed by atoms with Crippen molar-refractivity contribution in [2.45, 2.75) is 25.1 Å². The molecule has 0 radical (unpaired) electrons. The van der Waals surface area contributed by atoms with Crippen molar-refractivity contribution in [2.24, 2.45) is 5.92 Å². The third-order valence-corrected chi connectivity index (χ3v) is 2.92. The van der Waals surface area contributed by atoms with E-state index in [1.807, 2.05) is 0 Å². The van der Waals surface area contributed by atoms with Crippen LogP contribution in [-0.4, -0.2) is 55.0 Å². The van der Waals surface area contributed by atoms with E-state index in [1.54, 1.807) is 0 Å². The Balaban J connectivity index is 2.38. The molecule has 0 aliphatic carbocycles. The molecule has 7 heteroatoms. The number of aliphatic hydroxyl groups is 1. The van der Waals surface area contributed by atoms with Crippen LogP contribution in [0.4, 0.5) is 13.2 Å². The van der Waals surface area contributed by atoms with Crippen molar-refractivity contribution in [3.05, 3.63) is 0 Å². The molecule has 17 heavy (non-hydrogen) atoms. The number of hydrogen-bond acceptors (Lipinski definition) is 4. The molecule has 0 spiro atoms. The largest absolute Gasteiger partial charge is 0.467 e. The van der Waals surface area contributed by atoms with Gasteiger partial charge in [-0.05, 0) is 31.8 Å². The van der Waals surface area contributed by atoms with Crippen LogP contribution in [0.5, 0.6) is 0 Å². The van der Waals surface area contributed by atoms with E-state index < -0.39 is 24.8 Å². The number of nitrogens with zero attached hydrogens (tertiary/aromatic N) is 1. The fourth-order valence-electron chi connectivity index (χ4n) is 1.99. The molecule has 1 aliphatic heterocycles. The predicted octanol–water partition coefficient (Wildman–Crippen LogP) is 0.795. The summed E-state index contributed by atoms with van der Waals surface area (Å²) in [6, 6.07) is 0. The van der Waals surface area contributed by atoms with Crippen molar-refractivity contribution < 1.29 is 27.8 Å². The lowest BCUT2D eigenvalue weighted by atomic mass is 9.91. The first-order valence-corrected chi connectivity index (χ1v) is 5.38. The molecule has 1 aliphatic rings. The smallest absolute Gasteiger partial charge is 0.401 e. The minimum atomic E-state index is -4.20. The summed E-state index contributed by atoms with van der Waals surface area (Å²) in [5.41, 5.74) is 0. The fourth-order valence-corrected chi connectivity index (χ4v) is 1.99. The Morgan fingerprint density at radius 3 is 2.41 bits per heavy atom. The topological polar surface area (TPSA) is 49.8 Å². The van der Waals surface area contributed by atoms with Crippen molar-refractivity contribution in [3.63, 3.8) is 0 Å². The molecule has 1 atom stereocenters. The number of piperidine rings is 1. The molecule has 0 amide bonds. The van der Waals surface area contributed by atoms with Crippen molar-refractivity contribution in [1.82, 2.24) is 4.90 Å². The van der Waals surface area contributed by atoms with Gasteiger partial charge in [0.05, 0.1) is 13.7 Å². The Bertz CT molecular complexity index is 262. The van der Waals surface area contributed by atoms with E-state index in [4.69, 9.17) is 0 Å². The third-order valence-electron chi connectivity index (χ3n) is 2.92. The van der Waals surface area contributed by atoms with Gasteiger partial charge < -0.3 is 9.84 Å². The third kappa shape index (κ3) is 4.51. The second-order valence-corrected chi connectivity index (χ2v) is 4.20. The first-order valence-electron chi connectivity index (χ1n) is 5.38. The predicted molar refractivity (Wildman–Crippen MR) is 53.2 cm³/mol. The highest BCUT2D eigenvalue weighted by molar-refractivity contribution is 5.74. The Morgan fingerprint density at radius 1 is 1.47 bits per heavy atom. The van der Waals surface area contributed by atoms with Crippen LogP contribution in [0.25, 0.3) is 0 Å². The number of esters is 1. The number of hydrogen-bond donors (Lipinski definition) is 1. The average molecular weight is 255 g/mol. The normalized spacial score (nSPS) is 21.2. The Kier molecular flexibility index (Phi) is 4.76. The molecule has 100 valence electrons. The molecule has 1 saturated heterocycles. The zero-order chi connectivity index (χ0) is 13.1. The summed E-state index contributed by atoms with van der Waals surface area (Å²) in [6.45, 7) is -0.468. The number of rotatable bonds is 3. The highest BCUT2D eigenvalue weighted by atomic mass is 19.4. The maximum atomic E-state index is 12.1. The maximum absolute atomic E-state index is 12.1. The Labute approximate surface area is 97.3 Å². The van der Waals surface area contributed by atoms with Crippen molar-refractivity contribution in [2.75, 3.05) is 26.7 Å². The Hall–Kier alpha value is -0.820. The number of alkyl halides is 3. The molecule has 1 rings (SSSR count). The van der Waals surface area contributed by atoms with E-state index in [0.29, 0.717) is 12.8 Å². The zero-order valence-corrected chi connectivity index (χ0v) is 9.54. The first kappa shape index (κ1) is 14.2. The summed E-state index contributed by atoms with van der Waals surface area (Å²) in [6.07, 6.45) is -4.69. The molecule has 4 nitrogen and oxygen atoms in total. The van der Waals surface area contributed by atoms with Gasteiger partial charge in [-0.3, -0.25) is 4.90 Å². The number of carbonyl (C=O) groups excluding carboxylic acids is 1. The van der Waals surface area contributed by atoms with Crippen molar-refractivity contribution >= 4 is 5.97 Å². The van der Waals surface area contributed by atoms with Crippen LogP contribution in [0.2, 0.25) is 0 Å². The second-order valence-electron chi connectivity index (χ2n) is 4.20. The molecular weight excluding hydrogens is 239 g/mol. The number of halogens is 3. The van der Waals surface area contributed by atoms with Gasteiger partial charge in [-0.2, -0.15) is 13.2 Å². The molecule has 0 aromatic carbocycles. The summed E-state index contributed by atoms with van der Waals surface area (Å²) < 4.78 is 40.7. The summed E-state index contributed by atoms with van der Waals surface area (Å²) >= 11 is 0. The monoisotopic (exact) mass is 255 g/mol. The maximum Gasteiger partial charge on any atom is 0.401 e. The van der Waals surface area contributed by atoms with E-state index in [0.717, 1.165) is 0 Å². The molecular formula is C10H16F3NO3. The van der Waals surface area contributed by atoms with E-state index in [-0.39, 0.29) is 19.0 Å². The molecule has 0 bridgehead atoms. The van der Waals surface area contributed by atoms with Gasteiger partial charge in [0.2, 0.25) is 0 Å². The molecule has 0 aromatic heterocycles. The van der Waals surface area contributed by atoms with Crippen LogP contribution in [0.3, 0.4) is 0 Å². The quantitative estimate of drug-likeness (QED) is 0.758. The van der Waals surface area contributed by atoms with Crippen LogP contribution in [0.15, 0.2) is 0 Å². The molecule has 0 saturated carbocycles. The SMILES string of the molecule is COC(=O)C(O)C1CCN(CC(F)(F)F)CC1. The summed E-state index contributed by atoms with van der Waals surface area (Å²) in [4.78, 5) is 12.3. The second kappa shape index (κ2) is 5.68. The number of aliphatic hydroxyl groups excluding tert-OH is 1. The van der Waals surface area contributed by atoms with Crippen LogP contribution in [0.1, 0.15) is 12.8 Å². The number of ether oxygens (including phenoxy) is 1. The first-order chi connectivity index (χ1) is 7.83. The fraction of sp³-hybridized carbons (Fsp3) is 0.900. The minimum Gasteiger partial charge on any atom is -0.467 e. The standard InChI is InChI=1S/C10H16F3NO3/c1-17-9(16)8(15)7-2-4-14(5-3-7)6-10(11,12)13/h7-8,15H,2-6H2,1H3. The van der Waals surface area contributed by atoms with E-state index in [9.17, 15) is 23.1 Å². The van der Waals surface area contributed by atoms with Crippen LogP contribution < -0.4 is 0 Å². The van der Waals surface area contributed by atoms with Crippen molar-refractivity contribution in [1.29, 1.82) is 0 Å². The summed E-state index contributed by atoms with van der Waals surface area (Å²) in [5, 5.41) is 9.55. The number of methoxy groups -OCH3 is 1. The van der Waals surface area contributed by atoms with Crippen LogP contribution in [0, 0.1) is 5.92 Å². The van der Waals surface area contributed by atoms with Gasteiger partial charge in [-0.15, -0.1) is 0 Å². The van der Waals surface area contributed by atoms with Gasteiger partial charge in [0.15, 0.2) is 6.10 Å². The van der Waals surface area contributed by atoms with Crippen LogP contribution in [-0.2, 0) is 9.53 Å². The van der Waals surface area contributed by atoms with E-state index in [2.05, 4.69) is 4.74 Å². The van der Waals surface area contributed by atoms with E-state index in [1.165, 1.54) is 12.0 Å². The van der Waals surface area contributed by atoms with Gasteiger partial charge in [0, 0.05) is 0 Å². The van der Waals surface area contributed by atoms with Crippen LogP contribution >= 0.6 is 0 Å². The lowest BCUT2D eigenvalue weighted by Crippen LogP contribution is -2.44. The van der Waals surface area contributed by atoms with Crippen molar-refractivity contribution in [3.8, 4) is 0 Å². The minimum absolute atomic E-state index is 0.234. The average Bonchev–Trinajstić information content (AvgIpc) is 2.26.